The van der Waals surface area contributed by atoms with E-state index in [2.05, 4.69) is 0 Å². The Morgan fingerprint density at radius 1 is 0.750 bits per heavy atom. The highest BCUT2D eigenvalue weighted by molar-refractivity contribution is 6.02. The van der Waals surface area contributed by atoms with Crippen LogP contribution < -0.4 is 16.4 Å². The topological polar surface area (TPSA) is 89.4 Å². The number of para-hydroxylation sites is 1. The smallest absolute Gasteiger partial charge is 0.247 e. The van der Waals surface area contributed by atoms with Crippen LogP contribution in [0.3, 0.4) is 0 Å². The minimum absolute atomic E-state index is 0.321. The first kappa shape index (κ1) is 15.6. The number of rotatable bonds is 4. The van der Waals surface area contributed by atoms with E-state index < -0.39 is 17.7 Å². The number of primary amides is 2. The molecule has 0 saturated heterocycles. The standard InChI is InChI=1S/C19H17N3O2/c20-18(23)15-11-22(14-9-5-2-6-10-14)12-16(19(21)24)17(15)13-7-3-1-4-8-13/h1-12,17H,(H2,20,23)(H2,21,24). The molecule has 24 heavy (non-hydrogen) atoms. The van der Waals surface area contributed by atoms with Gasteiger partial charge in [-0.15, -0.1) is 0 Å². The molecule has 0 saturated carbocycles. The maximum atomic E-state index is 12.0. The van der Waals surface area contributed by atoms with Crippen LogP contribution in [-0.2, 0) is 9.59 Å². The Hall–Kier alpha value is -3.34. The van der Waals surface area contributed by atoms with Crippen LogP contribution >= 0.6 is 0 Å². The monoisotopic (exact) mass is 319 g/mol. The van der Waals surface area contributed by atoms with Crippen molar-refractivity contribution in [1.29, 1.82) is 0 Å². The van der Waals surface area contributed by atoms with Crippen LogP contribution in [0.5, 0.6) is 0 Å². The van der Waals surface area contributed by atoms with Gasteiger partial charge in [-0.1, -0.05) is 48.5 Å². The minimum atomic E-state index is -0.586. The fraction of sp³-hybridized carbons (Fsp3) is 0.0526. The van der Waals surface area contributed by atoms with Gasteiger partial charge in [-0.25, -0.2) is 0 Å². The van der Waals surface area contributed by atoms with Crippen molar-refractivity contribution in [3.05, 3.63) is 89.8 Å². The maximum Gasteiger partial charge on any atom is 0.247 e. The van der Waals surface area contributed by atoms with Crippen molar-refractivity contribution < 1.29 is 9.59 Å². The zero-order valence-corrected chi connectivity index (χ0v) is 12.9. The molecule has 0 aliphatic carbocycles. The second-order valence-electron chi connectivity index (χ2n) is 5.48. The molecule has 0 bridgehead atoms. The van der Waals surface area contributed by atoms with Gasteiger partial charge < -0.3 is 16.4 Å². The van der Waals surface area contributed by atoms with E-state index in [1.165, 1.54) is 0 Å². The van der Waals surface area contributed by atoms with E-state index in [1.54, 1.807) is 17.3 Å². The summed E-state index contributed by atoms with van der Waals surface area (Å²) in [7, 11) is 0. The van der Waals surface area contributed by atoms with Crippen molar-refractivity contribution >= 4 is 17.5 Å². The molecule has 0 radical (unpaired) electrons. The zero-order chi connectivity index (χ0) is 17.1. The summed E-state index contributed by atoms with van der Waals surface area (Å²) in [5.41, 5.74) is 13.4. The number of nitrogens with zero attached hydrogens (tertiary/aromatic N) is 1. The van der Waals surface area contributed by atoms with Crippen LogP contribution in [0.2, 0.25) is 0 Å². The third-order valence-corrected chi connectivity index (χ3v) is 3.93. The minimum Gasteiger partial charge on any atom is -0.366 e. The summed E-state index contributed by atoms with van der Waals surface area (Å²) in [6.07, 6.45) is 3.31. The summed E-state index contributed by atoms with van der Waals surface area (Å²) in [5.74, 6) is -1.74. The highest BCUT2D eigenvalue weighted by Crippen LogP contribution is 2.36. The maximum absolute atomic E-state index is 12.0. The molecule has 0 fully saturated rings. The van der Waals surface area contributed by atoms with Crippen molar-refractivity contribution in [2.45, 2.75) is 5.92 Å². The van der Waals surface area contributed by atoms with E-state index in [0.717, 1.165) is 11.3 Å². The summed E-state index contributed by atoms with van der Waals surface area (Å²) in [6.45, 7) is 0. The van der Waals surface area contributed by atoms with Gasteiger partial charge in [-0.2, -0.15) is 0 Å². The Kier molecular flexibility index (Phi) is 4.16. The van der Waals surface area contributed by atoms with Gasteiger partial charge in [-0.3, -0.25) is 9.59 Å². The molecule has 5 nitrogen and oxygen atoms in total. The SMILES string of the molecule is NC(=O)C1=CN(c2ccccc2)C=C(C(N)=O)C1c1ccccc1. The van der Waals surface area contributed by atoms with E-state index in [9.17, 15) is 9.59 Å². The van der Waals surface area contributed by atoms with E-state index in [4.69, 9.17) is 11.5 Å². The van der Waals surface area contributed by atoms with Gasteiger partial charge in [-0.05, 0) is 17.7 Å². The number of amides is 2. The molecule has 3 rings (SSSR count). The van der Waals surface area contributed by atoms with E-state index in [1.807, 2.05) is 60.7 Å². The van der Waals surface area contributed by atoms with Crippen LogP contribution in [0.15, 0.2) is 84.2 Å². The lowest BCUT2D eigenvalue weighted by molar-refractivity contribution is -0.115. The van der Waals surface area contributed by atoms with Crippen LogP contribution in [-0.4, -0.2) is 11.8 Å². The van der Waals surface area contributed by atoms with Gasteiger partial charge in [0.05, 0.1) is 0 Å². The van der Waals surface area contributed by atoms with Crippen LogP contribution in [0.25, 0.3) is 0 Å². The molecule has 0 spiro atoms. The molecule has 120 valence electrons. The largest absolute Gasteiger partial charge is 0.366 e. The quantitative estimate of drug-likeness (QED) is 0.903. The molecule has 1 aliphatic rings. The third-order valence-electron chi connectivity index (χ3n) is 3.93. The van der Waals surface area contributed by atoms with E-state index >= 15 is 0 Å². The Morgan fingerprint density at radius 3 is 1.67 bits per heavy atom. The molecule has 2 aromatic rings. The number of hydrogen-bond acceptors (Lipinski definition) is 3. The zero-order valence-electron chi connectivity index (χ0n) is 12.9. The number of carbonyl (C=O) groups is 2. The molecule has 1 heterocycles. The normalized spacial score (nSPS) is 14.8. The summed E-state index contributed by atoms with van der Waals surface area (Å²) < 4.78 is 0. The molecule has 4 N–H and O–H groups in total. The Bertz CT molecular complexity index is 794. The second kappa shape index (κ2) is 6.42. The van der Waals surface area contributed by atoms with Crippen molar-refractivity contribution in [3.63, 3.8) is 0 Å². The average molecular weight is 319 g/mol. The lowest BCUT2D eigenvalue weighted by atomic mass is 9.82. The Morgan fingerprint density at radius 2 is 1.21 bits per heavy atom. The Balaban J connectivity index is 2.14. The van der Waals surface area contributed by atoms with Gasteiger partial charge in [0, 0.05) is 35.2 Å². The molecular formula is C19H17N3O2. The van der Waals surface area contributed by atoms with Gasteiger partial charge in [0.15, 0.2) is 0 Å². The molecular weight excluding hydrogens is 302 g/mol. The van der Waals surface area contributed by atoms with E-state index in [-0.39, 0.29) is 0 Å². The van der Waals surface area contributed by atoms with Crippen molar-refractivity contribution in [1.82, 2.24) is 0 Å². The van der Waals surface area contributed by atoms with Crippen molar-refractivity contribution in [3.8, 4) is 0 Å². The average Bonchev–Trinajstić information content (AvgIpc) is 2.62. The predicted molar refractivity (Wildman–Crippen MR) is 92.7 cm³/mol. The number of nitrogens with two attached hydrogens (primary N) is 2. The fourth-order valence-corrected chi connectivity index (χ4v) is 2.82. The first-order chi connectivity index (χ1) is 11.6. The first-order valence-corrected chi connectivity index (χ1v) is 7.49. The highest BCUT2D eigenvalue weighted by Gasteiger charge is 2.32. The Labute approximate surface area is 139 Å². The summed E-state index contributed by atoms with van der Waals surface area (Å²) >= 11 is 0. The summed E-state index contributed by atoms with van der Waals surface area (Å²) in [5, 5.41) is 0. The summed E-state index contributed by atoms with van der Waals surface area (Å²) in [6, 6.07) is 18.6. The number of benzene rings is 2. The number of carbonyl (C=O) groups excluding carboxylic acids is 2. The number of hydrogen-bond donors (Lipinski definition) is 2. The molecule has 1 aliphatic heterocycles. The van der Waals surface area contributed by atoms with Gasteiger partial charge in [0.1, 0.15) is 0 Å². The highest BCUT2D eigenvalue weighted by atomic mass is 16.1. The van der Waals surface area contributed by atoms with Crippen LogP contribution in [0, 0.1) is 0 Å². The first-order valence-electron chi connectivity index (χ1n) is 7.49. The third kappa shape index (κ3) is 2.92. The molecule has 0 aromatic heterocycles. The lowest BCUT2D eigenvalue weighted by Crippen LogP contribution is -2.32. The molecule has 0 atom stereocenters. The fourth-order valence-electron chi connectivity index (χ4n) is 2.82. The number of anilines is 1. The van der Waals surface area contributed by atoms with Crippen LogP contribution in [0.4, 0.5) is 5.69 Å². The predicted octanol–water partition coefficient (Wildman–Crippen LogP) is 2.03. The molecule has 5 heteroatoms. The van der Waals surface area contributed by atoms with Gasteiger partial charge >= 0.3 is 0 Å². The van der Waals surface area contributed by atoms with Crippen molar-refractivity contribution in [2.75, 3.05) is 4.90 Å². The molecule has 2 amide bonds. The molecule has 2 aromatic carbocycles. The molecule has 0 unspecified atom stereocenters. The van der Waals surface area contributed by atoms with Crippen molar-refractivity contribution in [2.24, 2.45) is 11.5 Å². The van der Waals surface area contributed by atoms with Crippen LogP contribution in [0.1, 0.15) is 11.5 Å². The van der Waals surface area contributed by atoms with Gasteiger partial charge in [0.2, 0.25) is 11.8 Å². The second-order valence-corrected chi connectivity index (χ2v) is 5.48. The summed E-state index contributed by atoms with van der Waals surface area (Å²) in [4.78, 5) is 25.8. The lowest BCUT2D eigenvalue weighted by Gasteiger charge is -2.29. The van der Waals surface area contributed by atoms with Gasteiger partial charge in [0.25, 0.3) is 0 Å². The van der Waals surface area contributed by atoms with E-state index in [0.29, 0.717) is 11.1 Å².